The average Bonchev–Trinajstić information content (AvgIpc) is 2.76. The van der Waals surface area contributed by atoms with Crippen LogP contribution in [0.2, 0.25) is 0 Å². The van der Waals surface area contributed by atoms with Gasteiger partial charge in [-0.05, 0) is 35.0 Å². The van der Waals surface area contributed by atoms with Crippen LogP contribution in [0.4, 0.5) is 0 Å². The molecule has 0 bridgehead atoms. The minimum atomic E-state index is -0.750. The summed E-state index contributed by atoms with van der Waals surface area (Å²) in [4.78, 5) is 0. The fourth-order valence-electron chi connectivity index (χ4n) is 3.32. The highest BCUT2D eigenvalue weighted by Gasteiger charge is 2.22. The molecule has 1 N–H and O–H groups in total. The molecule has 0 radical (unpaired) electrons. The topological polar surface area (TPSA) is 20.2 Å². The van der Waals surface area contributed by atoms with Gasteiger partial charge in [-0.2, -0.15) is 0 Å². The summed E-state index contributed by atoms with van der Waals surface area (Å²) in [5, 5.41) is 14.9. The van der Waals surface area contributed by atoms with Crippen LogP contribution >= 0.6 is 7.92 Å². The smallest absolute Gasteiger partial charge is 0.105 e. The predicted molar refractivity (Wildman–Crippen MR) is 116 cm³/mol. The third kappa shape index (κ3) is 3.85. The fraction of sp³-hybridized carbons (Fsp3) is 0.0400. The molecule has 1 unspecified atom stereocenters. The van der Waals surface area contributed by atoms with E-state index in [2.05, 4.69) is 60.7 Å². The lowest BCUT2D eigenvalue weighted by Gasteiger charge is -2.24. The molecule has 27 heavy (non-hydrogen) atoms. The minimum absolute atomic E-state index is 0.639. The summed E-state index contributed by atoms with van der Waals surface area (Å²) in [6.07, 6.45) is -0.639. The van der Waals surface area contributed by atoms with Gasteiger partial charge < -0.3 is 5.11 Å². The zero-order valence-electron chi connectivity index (χ0n) is 14.9. The van der Waals surface area contributed by atoms with Crippen molar-refractivity contribution in [3.05, 3.63) is 126 Å². The van der Waals surface area contributed by atoms with Crippen molar-refractivity contribution in [2.24, 2.45) is 0 Å². The van der Waals surface area contributed by atoms with Gasteiger partial charge in [0.15, 0.2) is 0 Å². The number of aliphatic hydroxyl groups excluding tert-OH is 1. The molecular formula is C25H21OP. The summed E-state index contributed by atoms with van der Waals surface area (Å²) in [5.74, 6) is 0. The first-order chi connectivity index (χ1) is 13.3. The predicted octanol–water partition coefficient (Wildman–Crippen LogP) is 4.53. The second kappa shape index (κ2) is 8.31. The van der Waals surface area contributed by atoms with Crippen LogP contribution < -0.4 is 15.9 Å². The molecule has 0 aromatic heterocycles. The minimum Gasteiger partial charge on any atom is -0.384 e. The maximum absolute atomic E-state index is 11.1. The normalized spacial score (nSPS) is 12.1. The van der Waals surface area contributed by atoms with Crippen LogP contribution in [0.3, 0.4) is 0 Å². The molecule has 132 valence electrons. The number of aliphatic hydroxyl groups is 1. The molecule has 0 saturated carbocycles. The Morgan fingerprint density at radius 3 is 1.52 bits per heavy atom. The maximum atomic E-state index is 11.1. The van der Waals surface area contributed by atoms with Gasteiger partial charge in [0, 0.05) is 0 Å². The Morgan fingerprint density at radius 1 is 0.519 bits per heavy atom. The van der Waals surface area contributed by atoms with Gasteiger partial charge in [-0.3, -0.25) is 0 Å². The van der Waals surface area contributed by atoms with E-state index in [4.69, 9.17) is 0 Å². The second-order valence-corrected chi connectivity index (χ2v) is 8.56. The fourth-order valence-corrected chi connectivity index (χ4v) is 5.80. The molecule has 0 fully saturated rings. The van der Waals surface area contributed by atoms with Gasteiger partial charge in [-0.15, -0.1) is 0 Å². The van der Waals surface area contributed by atoms with Crippen molar-refractivity contribution in [3.8, 4) is 0 Å². The Hall–Kier alpha value is -2.73. The van der Waals surface area contributed by atoms with E-state index in [1.54, 1.807) is 0 Å². The summed E-state index contributed by atoms with van der Waals surface area (Å²) in [6.45, 7) is 0. The number of benzene rings is 4. The summed E-state index contributed by atoms with van der Waals surface area (Å²) in [6, 6.07) is 39.3. The van der Waals surface area contributed by atoms with Crippen molar-refractivity contribution in [2.45, 2.75) is 6.10 Å². The zero-order valence-corrected chi connectivity index (χ0v) is 15.8. The van der Waals surface area contributed by atoms with Gasteiger partial charge in [-0.25, -0.2) is 0 Å². The average molecular weight is 368 g/mol. The van der Waals surface area contributed by atoms with Gasteiger partial charge in [0.25, 0.3) is 0 Å². The van der Waals surface area contributed by atoms with E-state index in [0.29, 0.717) is 0 Å². The number of hydrogen-bond donors (Lipinski definition) is 1. The van der Waals surface area contributed by atoms with Crippen LogP contribution in [-0.2, 0) is 0 Å². The molecule has 4 aromatic rings. The first-order valence-electron chi connectivity index (χ1n) is 9.07. The largest absolute Gasteiger partial charge is 0.384 e. The van der Waals surface area contributed by atoms with E-state index < -0.39 is 14.0 Å². The van der Waals surface area contributed by atoms with E-state index in [9.17, 15) is 5.11 Å². The Labute approximate surface area is 161 Å². The van der Waals surface area contributed by atoms with Crippen LogP contribution in [-0.4, -0.2) is 5.11 Å². The molecule has 0 aliphatic rings. The lowest BCUT2D eigenvalue weighted by molar-refractivity contribution is 0.221. The van der Waals surface area contributed by atoms with Crippen molar-refractivity contribution in [1.29, 1.82) is 0 Å². The Kier molecular flexibility index (Phi) is 5.44. The van der Waals surface area contributed by atoms with Crippen LogP contribution in [0, 0.1) is 0 Å². The summed E-state index contributed by atoms with van der Waals surface area (Å²) >= 11 is 0. The molecule has 0 aliphatic carbocycles. The lowest BCUT2D eigenvalue weighted by atomic mass is 10.0. The van der Waals surface area contributed by atoms with Gasteiger partial charge in [0.05, 0.1) is 0 Å². The zero-order chi connectivity index (χ0) is 18.5. The van der Waals surface area contributed by atoms with Crippen molar-refractivity contribution < 1.29 is 5.11 Å². The molecule has 4 aromatic carbocycles. The highest BCUT2D eigenvalue weighted by molar-refractivity contribution is 7.79. The van der Waals surface area contributed by atoms with E-state index in [0.717, 1.165) is 11.1 Å². The highest BCUT2D eigenvalue weighted by atomic mass is 31.1. The molecule has 1 nitrogen and oxygen atoms in total. The van der Waals surface area contributed by atoms with E-state index in [-0.39, 0.29) is 0 Å². The summed E-state index contributed by atoms with van der Waals surface area (Å²) in [5.41, 5.74) is 1.89. The van der Waals surface area contributed by atoms with Gasteiger partial charge in [0.1, 0.15) is 6.10 Å². The van der Waals surface area contributed by atoms with Crippen LogP contribution in [0.15, 0.2) is 115 Å². The first-order valence-corrected chi connectivity index (χ1v) is 10.4. The maximum Gasteiger partial charge on any atom is 0.105 e. The molecule has 1 atom stereocenters. The van der Waals surface area contributed by atoms with E-state index in [1.165, 1.54) is 15.9 Å². The second-order valence-electron chi connectivity index (χ2n) is 6.38. The van der Waals surface area contributed by atoms with Crippen LogP contribution in [0.5, 0.6) is 0 Å². The molecule has 2 heteroatoms. The monoisotopic (exact) mass is 368 g/mol. The van der Waals surface area contributed by atoms with Crippen molar-refractivity contribution in [1.82, 2.24) is 0 Å². The van der Waals surface area contributed by atoms with Crippen LogP contribution in [0.1, 0.15) is 17.2 Å². The Morgan fingerprint density at radius 2 is 0.963 bits per heavy atom. The molecule has 0 aliphatic heterocycles. The van der Waals surface area contributed by atoms with Crippen molar-refractivity contribution in [3.63, 3.8) is 0 Å². The molecule has 0 amide bonds. The third-order valence-corrected chi connectivity index (χ3v) is 7.13. The molecule has 4 rings (SSSR count). The van der Waals surface area contributed by atoms with Gasteiger partial charge in [-0.1, -0.05) is 115 Å². The van der Waals surface area contributed by atoms with Crippen LogP contribution in [0.25, 0.3) is 0 Å². The first kappa shape index (κ1) is 17.7. The van der Waals surface area contributed by atoms with Crippen molar-refractivity contribution in [2.75, 3.05) is 0 Å². The molecule has 0 heterocycles. The Bertz CT molecular complexity index is 945. The van der Waals surface area contributed by atoms with E-state index >= 15 is 0 Å². The quantitative estimate of drug-likeness (QED) is 0.513. The highest BCUT2D eigenvalue weighted by Crippen LogP contribution is 2.36. The standard InChI is InChI=1S/C25H21OP/c26-25(20-12-4-1-5-13-20)23-18-10-11-19-24(23)27(21-14-6-2-7-15-21)22-16-8-3-9-17-22/h1-19,25-26H. The molecule has 0 spiro atoms. The molecule has 0 saturated heterocycles. The summed E-state index contributed by atoms with van der Waals surface area (Å²) < 4.78 is 0. The SMILES string of the molecule is OC(c1ccccc1)c1ccccc1P(c1ccccc1)c1ccccc1. The van der Waals surface area contributed by atoms with Crippen molar-refractivity contribution >= 4 is 23.8 Å². The Balaban J connectivity index is 1.87. The lowest BCUT2D eigenvalue weighted by Crippen LogP contribution is -2.24. The number of rotatable bonds is 5. The molecular weight excluding hydrogens is 347 g/mol. The van der Waals surface area contributed by atoms with Gasteiger partial charge >= 0.3 is 0 Å². The third-order valence-electron chi connectivity index (χ3n) is 4.62. The van der Waals surface area contributed by atoms with E-state index in [1.807, 2.05) is 54.6 Å². The van der Waals surface area contributed by atoms with Gasteiger partial charge in [0.2, 0.25) is 0 Å². The number of hydrogen-bond acceptors (Lipinski definition) is 1. The summed E-state index contributed by atoms with van der Waals surface area (Å²) in [7, 11) is -0.750.